The maximum atomic E-state index is 13.1. The fourth-order valence-electron chi connectivity index (χ4n) is 2.18. The average molecular weight is 313 g/mol. The molecule has 0 saturated heterocycles. The van der Waals surface area contributed by atoms with Crippen molar-refractivity contribution in [1.29, 1.82) is 0 Å². The molecule has 1 atom stereocenters. The number of esters is 1. The lowest BCUT2D eigenvalue weighted by Gasteiger charge is -2.22. The average Bonchev–Trinajstić information content (AvgIpc) is 2.55. The van der Waals surface area contributed by atoms with E-state index >= 15 is 0 Å². The second kappa shape index (κ2) is 7.58. The highest BCUT2D eigenvalue weighted by Gasteiger charge is 2.22. The van der Waals surface area contributed by atoms with Gasteiger partial charge in [-0.2, -0.15) is 0 Å². The molecule has 1 unspecified atom stereocenters. The molecule has 1 N–H and O–H groups in total. The van der Waals surface area contributed by atoms with Crippen molar-refractivity contribution in [2.45, 2.75) is 19.9 Å². The molecular weight excluding hydrogens is 293 g/mol. The Morgan fingerprint density at radius 2 is 1.78 bits per heavy atom. The quantitative estimate of drug-likeness (QED) is 0.634. The number of ether oxygens (including phenoxy) is 1. The lowest BCUT2D eigenvalue weighted by molar-refractivity contribution is -0.138. The van der Waals surface area contributed by atoms with Crippen molar-refractivity contribution < 1.29 is 13.9 Å². The van der Waals surface area contributed by atoms with E-state index in [0.717, 1.165) is 11.1 Å². The minimum Gasteiger partial charge on any atom is -0.463 e. The molecule has 0 saturated carbocycles. The van der Waals surface area contributed by atoms with Crippen molar-refractivity contribution in [3.05, 3.63) is 77.6 Å². The topological polar surface area (TPSA) is 38.3 Å². The second-order valence-corrected chi connectivity index (χ2v) is 5.24. The van der Waals surface area contributed by atoms with E-state index in [1.54, 1.807) is 19.1 Å². The Morgan fingerprint density at radius 3 is 2.35 bits per heavy atom. The van der Waals surface area contributed by atoms with Gasteiger partial charge < -0.3 is 10.1 Å². The summed E-state index contributed by atoms with van der Waals surface area (Å²) in [5, 5.41) is 3.21. The monoisotopic (exact) mass is 313 g/mol. The number of rotatable bonds is 6. The van der Waals surface area contributed by atoms with Gasteiger partial charge in [0.25, 0.3) is 0 Å². The summed E-state index contributed by atoms with van der Waals surface area (Å²) in [7, 11) is 0. The fourth-order valence-corrected chi connectivity index (χ4v) is 2.18. The highest BCUT2D eigenvalue weighted by molar-refractivity contribution is 5.90. The zero-order valence-corrected chi connectivity index (χ0v) is 13.3. The predicted molar refractivity (Wildman–Crippen MR) is 89.7 cm³/mol. The summed E-state index contributed by atoms with van der Waals surface area (Å²) >= 11 is 0. The van der Waals surface area contributed by atoms with Gasteiger partial charge >= 0.3 is 5.97 Å². The molecule has 0 heterocycles. The van der Waals surface area contributed by atoms with Gasteiger partial charge in [-0.15, -0.1) is 0 Å². The third-order valence-electron chi connectivity index (χ3n) is 3.45. The number of halogens is 1. The predicted octanol–water partition coefficient (Wildman–Crippen LogP) is 4.41. The first-order valence-corrected chi connectivity index (χ1v) is 7.46. The first-order valence-electron chi connectivity index (χ1n) is 7.46. The number of anilines is 1. The van der Waals surface area contributed by atoms with Gasteiger partial charge in [-0.05, 0) is 43.7 Å². The van der Waals surface area contributed by atoms with Crippen LogP contribution in [0.2, 0.25) is 0 Å². The summed E-state index contributed by atoms with van der Waals surface area (Å²) in [4.78, 5) is 12.0. The van der Waals surface area contributed by atoms with Gasteiger partial charge in [0, 0.05) is 5.69 Å². The van der Waals surface area contributed by atoms with E-state index < -0.39 is 12.0 Å². The van der Waals surface area contributed by atoms with Crippen molar-refractivity contribution in [2.75, 3.05) is 11.9 Å². The number of hydrogen-bond donors (Lipinski definition) is 1. The van der Waals surface area contributed by atoms with Crippen LogP contribution in [0.3, 0.4) is 0 Å². The molecular formula is C19H20FNO2. The molecule has 0 aliphatic rings. The summed E-state index contributed by atoms with van der Waals surface area (Å²) in [6.07, 6.45) is 0. The summed E-state index contributed by atoms with van der Waals surface area (Å²) in [6.45, 7) is 7.90. The van der Waals surface area contributed by atoms with Crippen LogP contribution in [-0.2, 0) is 9.53 Å². The molecule has 120 valence electrons. The Morgan fingerprint density at radius 1 is 1.17 bits per heavy atom. The second-order valence-electron chi connectivity index (χ2n) is 5.24. The van der Waals surface area contributed by atoms with Crippen LogP contribution in [0.1, 0.15) is 24.1 Å². The number of hydrogen-bond acceptors (Lipinski definition) is 3. The van der Waals surface area contributed by atoms with Crippen LogP contribution in [-0.4, -0.2) is 12.6 Å². The zero-order valence-electron chi connectivity index (χ0n) is 13.3. The molecule has 0 aromatic heterocycles. The van der Waals surface area contributed by atoms with Crippen molar-refractivity contribution in [2.24, 2.45) is 0 Å². The molecule has 0 spiro atoms. The van der Waals surface area contributed by atoms with Gasteiger partial charge in [-0.25, -0.2) is 9.18 Å². The van der Waals surface area contributed by atoms with E-state index in [0.29, 0.717) is 11.3 Å². The highest BCUT2D eigenvalue weighted by Crippen LogP contribution is 2.27. The molecule has 0 radical (unpaired) electrons. The number of benzene rings is 2. The Kier molecular flexibility index (Phi) is 5.52. The van der Waals surface area contributed by atoms with Gasteiger partial charge in [-0.1, -0.05) is 36.4 Å². The molecule has 0 aliphatic carbocycles. The Hall–Kier alpha value is -2.62. The lowest BCUT2D eigenvalue weighted by atomic mass is 9.98. The maximum absolute atomic E-state index is 13.1. The van der Waals surface area contributed by atoms with Gasteiger partial charge in [0.05, 0.1) is 18.2 Å². The maximum Gasteiger partial charge on any atom is 0.335 e. The smallest absolute Gasteiger partial charge is 0.335 e. The van der Waals surface area contributed by atoms with E-state index in [2.05, 4.69) is 11.9 Å². The Labute approximate surface area is 135 Å². The van der Waals surface area contributed by atoms with E-state index in [9.17, 15) is 9.18 Å². The molecule has 2 aromatic rings. The van der Waals surface area contributed by atoms with Gasteiger partial charge in [0.2, 0.25) is 0 Å². The minimum atomic E-state index is -0.451. The number of aryl methyl sites for hydroxylation is 1. The molecule has 0 amide bonds. The van der Waals surface area contributed by atoms with Crippen molar-refractivity contribution >= 4 is 11.7 Å². The van der Waals surface area contributed by atoms with Crippen LogP contribution in [0.5, 0.6) is 0 Å². The van der Waals surface area contributed by atoms with Gasteiger partial charge in [0.15, 0.2) is 0 Å². The Bertz CT molecular complexity index is 678. The van der Waals surface area contributed by atoms with Crippen LogP contribution in [0, 0.1) is 12.7 Å². The minimum absolute atomic E-state index is 0.287. The first kappa shape index (κ1) is 16.7. The summed E-state index contributed by atoms with van der Waals surface area (Å²) in [6, 6.07) is 13.3. The Balaban J connectivity index is 2.30. The molecule has 0 aliphatic heterocycles. The van der Waals surface area contributed by atoms with E-state index in [1.165, 1.54) is 12.1 Å². The van der Waals surface area contributed by atoms with Crippen LogP contribution in [0.15, 0.2) is 60.7 Å². The third kappa shape index (κ3) is 4.42. The van der Waals surface area contributed by atoms with Crippen LogP contribution in [0.25, 0.3) is 0 Å². The zero-order chi connectivity index (χ0) is 16.8. The summed E-state index contributed by atoms with van der Waals surface area (Å²) < 4.78 is 18.1. The highest BCUT2D eigenvalue weighted by atomic mass is 19.1. The van der Waals surface area contributed by atoms with Crippen LogP contribution < -0.4 is 5.32 Å². The van der Waals surface area contributed by atoms with Crippen LogP contribution >= 0.6 is 0 Å². The molecule has 4 heteroatoms. The largest absolute Gasteiger partial charge is 0.463 e. The number of carbonyl (C=O) groups is 1. The first-order chi connectivity index (χ1) is 11.0. The third-order valence-corrected chi connectivity index (χ3v) is 3.45. The fraction of sp³-hybridized carbons (Fsp3) is 0.211. The van der Waals surface area contributed by atoms with Gasteiger partial charge in [-0.3, -0.25) is 0 Å². The standard InChI is InChI=1S/C19H20FNO2/c1-4-23-19(22)14(3)18(15-7-5-13(2)6-8-15)21-17-11-9-16(20)10-12-17/h5-12,18,21H,3-4H2,1-2H3. The molecule has 0 bridgehead atoms. The van der Waals surface area contributed by atoms with Crippen molar-refractivity contribution in [3.8, 4) is 0 Å². The van der Waals surface area contributed by atoms with Crippen LogP contribution in [0.4, 0.5) is 10.1 Å². The van der Waals surface area contributed by atoms with Gasteiger partial charge in [0.1, 0.15) is 5.82 Å². The van der Waals surface area contributed by atoms with E-state index in [4.69, 9.17) is 4.74 Å². The summed E-state index contributed by atoms with van der Waals surface area (Å²) in [5.74, 6) is -0.764. The van der Waals surface area contributed by atoms with E-state index in [1.807, 2.05) is 31.2 Å². The van der Waals surface area contributed by atoms with Crippen molar-refractivity contribution in [3.63, 3.8) is 0 Å². The number of carbonyl (C=O) groups excluding carboxylic acids is 1. The normalized spacial score (nSPS) is 11.6. The van der Waals surface area contributed by atoms with E-state index in [-0.39, 0.29) is 12.4 Å². The molecule has 0 fully saturated rings. The summed E-state index contributed by atoms with van der Waals surface area (Å²) in [5.41, 5.74) is 3.01. The molecule has 2 rings (SSSR count). The SMILES string of the molecule is C=C(C(=O)OCC)C(Nc1ccc(F)cc1)c1ccc(C)cc1. The number of nitrogens with one attached hydrogen (secondary N) is 1. The van der Waals surface area contributed by atoms with Crippen molar-refractivity contribution in [1.82, 2.24) is 0 Å². The molecule has 23 heavy (non-hydrogen) atoms. The lowest BCUT2D eigenvalue weighted by Crippen LogP contribution is -2.20. The molecule has 3 nitrogen and oxygen atoms in total. The molecule has 2 aromatic carbocycles.